The average Bonchev–Trinajstić information content (AvgIpc) is 3.20. The summed E-state index contributed by atoms with van der Waals surface area (Å²) in [5, 5.41) is 4.75. The summed E-state index contributed by atoms with van der Waals surface area (Å²) in [6.45, 7) is 5.03. The monoisotopic (exact) mass is 496 g/mol. The van der Waals surface area contributed by atoms with E-state index in [4.69, 9.17) is 10.7 Å². The molecule has 36 heavy (non-hydrogen) atoms. The second-order valence-electron chi connectivity index (χ2n) is 9.11. The Morgan fingerprint density at radius 1 is 0.944 bits per heavy atom. The van der Waals surface area contributed by atoms with E-state index in [0.717, 1.165) is 49.1 Å². The van der Waals surface area contributed by atoms with Gasteiger partial charge in [-0.3, -0.25) is 4.90 Å². The van der Waals surface area contributed by atoms with Gasteiger partial charge in [-0.1, -0.05) is 12.1 Å². The van der Waals surface area contributed by atoms with Crippen LogP contribution in [0.1, 0.15) is 0 Å². The van der Waals surface area contributed by atoms with Gasteiger partial charge in [0.05, 0.1) is 11.1 Å². The van der Waals surface area contributed by atoms with Gasteiger partial charge in [0.1, 0.15) is 29.0 Å². The minimum Gasteiger partial charge on any atom is -0.383 e. The van der Waals surface area contributed by atoms with Crippen LogP contribution in [0.2, 0.25) is 0 Å². The van der Waals surface area contributed by atoms with E-state index >= 15 is 0 Å². The molecule has 0 spiro atoms. The highest BCUT2D eigenvalue weighted by Gasteiger charge is 2.25. The molecule has 4 aromatic rings. The summed E-state index contributed by atoms with van der Waals surface area (Å²) in [4.78, 5) is 16.0. The topological polar surface area (TPSA) is 79.3 Å². The minimum absolute atomic E-state index is 0.0359. The molecule has 2 aromatic heterocycles. The van der Waals surface area contributed by atoms with Crippen LogP contribution in [0.15, 0.2) is 42.5 Å². The van der Waals surface area contributed by atoms with Crippen molar-refractivity contribution in [2.45, 2.75) is 0 Å². The molecule has 8 nitrogen and oxygen atoms in total. The van der Waals surface area contributed by atoms with Crippen LogP contribution in [-0.4, -0.2) is 82.9 Å². The number of piperazine rings is 1. The molecule has 1 aliphatic heterocycles. The number of anilines is 2. The number of nitrogen functional groups attached to an aromatic ring is 1. The predicted octanol–water partition coefficient (Wildman–Crippen LogP) is 3.17. The quantitative estimate of drug-likeness (QED) is 0.439. The van der Waals surface area contributed by atoms with E-state index in [2.05, 4.69) is 19.9 Å². The Balaban J connectivity index is 1.58. The minimum atomic E-state index is -0.690. The summed E-state index contributed by atoms with van der Waals surface area (Å²) >= 11 is 0. The third-order valence-corrected chi connectivity index (χ3v) is 6.31. The molecule has 5 rings (SSSR count). The fourth-order valence-electron chi connectivity index (χ4n) is 4.33. The van der Waals surface area contributed by atoms with Crippen LogP contribution < -0.4 is 10.6 Å². The van der Waals surface area contributed by atoms with Crippen molar-refractivity contribution in [3.8, 4) is 16.9 Å². The van der Waals surface area contributed by atoms with E-state index in [1.807, 2.05) is 19.0 Å². The highest BCUT2D eigenvalue weighted by atomic mass is 19.1. The zero-order chi connectivity index (χ0) is 25.4. The van der Waals surface area contributed by atoms with Crippen LogP contribution in [0.4, 0.5) is 24.9 Å². The number of fused-ring (bicyclic) bond motifs is 1. The van der Waals surface area contributed by atoms with Crippen LogP contribution in [0.5, 0.6) is 0 Å². The average molecular weight is 497 g/mol. The maximum atomic E-state index is 14.6. The molecule has 1 fully saturated rings. The molecule has 0 unspecified atom stereocenters. The van der Waals surface area contributed by atoms with Crippen molar-refractivity contribution in [3.63, 3.8) is 0 Å². The summed E-state index contributed by atoms with van der Waals surface area (Å²) in [6.07, 6.45) is 0. The molecule has 1 aliphatic rings. The highest BCUT2D eigenvalue weighted by molar-refractivity contribution is 5.99. The number of hydrogen-bond acceptors (Lipinski definition) is 7. The third kappa shape index (κ3) is 4.71. The fraction of sp³-hybridized carbons (Fsp3) is 0.320. The molecular weight excluding hydrogens is 469 g/mol. The van der Waals surface area contributed by atoms with Gasteiger partial charge >= 0.3 is 0 Å². The molecule has 0 aliphatic carbocycles. The zero-order valence-corrected chi connectivity index (χ0v) is 20.1. The Morgan fingerprint density at radius 2 is 1.69 bits per heavy atom. The molecule has 11 heteroatoms. The molecule has 3 heterocycles. The number of nitrogens with zero attached hydrogens (tertiary/aromatic N) is 7. The molecule has 0 radical (unpaired) electrons. The van der Waals surface area contributed by atoms with Crippen molar-refractivity contribution in [2.75, 3.05) is 64.0 Å². The lowest BCUT2D eigenvalue weighted by Gasteiger charge is -2.35. The molecule has 0 saturated carbocycles. The van der Waals surface area contributed by atoms with Crippen LogP contribution in [-0.2, 0) is 0 Å². The normalized spacial score (nSPS) is 14.8. The van der Waals surface area contributed by atoms with Gasteiger partial charge in [0, 0.05) is 50.9 Å². The van der Waals surface area contributed by atoms with Gasteiger partial charge in [0.25, 0.3) is 0 Å². The van der Waals surface area contributed by atoms with Gasteiger partial charge < -0.3 is 15.5 Å². The van der Waals surface area contributed by atoms with Crippen molar-refractivity contribution < 1.29 is 13.2 Å². The number of halogens is 3. The first-order valence-corrected chi connectivity index (χ1v) is 11.7. The van der Waals surface area contributed by atoms with Crippen LogP contribution in [0.3, 0.4) is 0 Å². The maximum Gasteiger partial charge on any atom is 0.228 e. The van der Waals surface area contributed by atoms with Gasteiger partial charge in [0.2, 0.25) is 5.95 Å². The molecular formula is C25H27F3N8. The highest BCUT2D eigenvalue weighted by Crippen LogP contribution is 2.34. The molecule has 2 N–H and O–H groups in total. The number of rotatable bonds is 6. The molecule has 1 saturated heterocycles. The van der Waals surface area contributed by atoms with E-state index in [1.165, 1.54) is 12.1 Å². The van der Waals surface area contributed by atoms with Crippen molar-refractivity contribution in [1.29, 1.82) is 0 Å². The number of hydrogen-bond donors (Lipinski definition) is 1. The van der Waals surface area contributed by atoms with E-state index in [-0.39, 0.29) is 17.2 Å². The molecule has 0 amide bonds. The smallest absolute Gasteiger partial charge is 0.228 e. The lowest BCUT2D eigenvalue weighted by Crippen LogP contribution is -2.48. The van der Waals surface area contributed by atoms with E-state index in [9.17, 15) is 13.2 Å². The van der Waals surface area contributed by atoms with E-state index in [0.29, 0.717) is 35.7 Å². The Kier molecular flexibility index (Phi) is 6.50. The van der Waals surface area contributed by atoms with Gasteiger partial charge in [-0.2, -0.15) is 4.98 Å². The largest absolute Gasteiger partial charge is 0.383 e. The first kappa shape index (κ1) is 24.0. The molecule has 0 bridgehead atoms. The first-order chi connectivity index (χ1) is 17.3. The lowest BCUT2D eigenvalue weighted by molar-refractivity contribution is 0.229. The SMILES string of the molecule is CN(C)CCN1CCN(c2nc(-c3cccc(F)c3)c3c(N)n(-c4cc(F)ccc4F)nc3n2)CC1. The van der Waals surface area contributed by atoms with Gasteiger partial charge in [0.15, 0.2) is 5.65 Å². The summed E-state index contributed by atoms with van der Waals surface area (Å²) in [6, 6.07) is 9.03. The number of likely N-dealkylation sites (N-methyl/N-ethyl adjacent to an activating group) is 1. The maximum absolute atomic E-state index is 14.6. The lowest BCUT2D eigenvalue weighted by atomic mass is 10.1. The fourth-order valence-corrected chi connectivity index (χ4v) is 4.33. The summed E-state index contributed by atoms with van der Waals surface area (Å²) < 4.78 is 43.7. The van der Waals surface area contributed by atoms with Gasteiger partial charge in [-0.25, -0.2) is 22.8 Å². The molecule has 188 valence electrons. The number of aromatic nitrogens is 4. The Labute approximate surface area is 206 Å². The Hall–Kier alpha value is -3.70. The Morgan fingerprint density at radius 3 is 2.42 bits per heavy atom. The number of benzene rings is 2. The standard InChI is InChI=1S/C25H27F3N8/c1-33(2)8-9-34-10-12-35(13-11-34)25-30-22(16-4-3-5-17(26)14-16)21-23(29)36(32-24(21)31-25)20-15-18(27)6-7-19(20)28/h3-7,14-15H,8-13,29H2,1-2H3. The van der Waals surface area contributed by atoms with E-state index in [1.54, 1.807) is 12.1 Å². The van der Waals surface area contributed by atoms with Crippen molar-refractivity contribution in [3.05, 3.63) is 59.9 Å². The number of nitrogens with two attached hydrogens (primary N) is 1. The third-order valence-electron chi connectivity index (χ3n) is 6.31. The first-order valence-electron chi connectivity index (χ1n) is 11.7. The van der Waals surface area contributed by atoms with Gasteiger partial charge in [-0.15, -0.1) is 5.10 Å². The van der Waals surface area contributed by atoms with Crippen LogP contribution in [0.25, 0.3) is 28.0 Å². The van der Waals surface area contributed by atoms with Crippen LogP contribution in [0, 0.1) is 17.5 Å². The van der Waals surface area contributed by atoms with Crippen molar-refractivity contribution in [1.82, 2.24) is 29.5 Å². The van der Waals surface area contributed by atoms with Gasteiger partial charge in [-0.05, 0) is 38.4 Å². The van der Waals surface area contributed by atoms with Crippen molar-refractivity contribution >= 4 is 22.8 Å². The summed E-state index contributed by atoms with van der Waals surface area (Å²) in [5.41, 5.74) is 7.32. The van der Waals surface area contributed by atoms with Crippen LogP contribution >= 0.6 is 0 Å². The summed E-state index contributed by atoms with van der Waals surface area (Å²) in [5.74, 6) is -1.29. The predicted molar refractivity (Wildman–Crippen MR) is 134 cm³/mol. The second-order valence-corrected chi connectivity index (χ2v) is 9.11. The molecule has 0 atom stereocenters. The second kappa shape index (κ2) is 9.75. The molecule has 2 aromatic carbocycles. The Bertz CT molecular complexity index is 1400. The zero-order valence-electron chi connectivity index (χ0n) is 20.1. The van der Waals surface area contributed by atoms with E-state index < -0.39 is 17.5 Å². The summed E-state index contributed by atoms with van der Waals surface area (Å²) in [7, 11) is 4.10. The van der Waals surface area contributed by atoms with Crippen molar-refractivity contribution in [2.24, 2.45) is 0 Å².